The lowest BCUT2D eigenvalue weighted by atomic mass is 10.4. The number of carboxylic acids is 1. The Bertz CT molecular complexity index is 191. The highest BCUT2D eigenvalue weighted by atomic mass is 16.4. The quantitative estimate of drug-likeness (QED) is 0.264. The molecule has 0 saturated carbocycles. The second-order valence-corrected chi connectivity index (χ2v) is 4.14. The highest BCUT2D eigenvalue weighted by Gasteiger charge is 1.94. The van der Waals surface area contributed by atoms with Crippen LogP contribution in [-0.4, -0.2) is 63.4 Å². The normalized spacial score (nSPS) is 10.7. The van der Waals surface area contributed by atoms with Gasteiger partial charge in [-0.1, -0.05) is 6.92 Å². The first-order valence-corrected chi connectivity index (χ1v) is 6.82. The van der Waals surface area contributed by atoms with Gasteiger partial charge < -0.3 is 26.4 Å². The average molecular weight is 260 g/mol. The Morgan fingerprint density at radius 3 is 1.56 bits per heavy atom. The van der Waals surface area contributed by atoms with Crippen LogP contribution in [0.1, 0.15) is 19.8 Å². The molecule has 0 bridgehead atoms. The van der Waals surface area contributed by atoms with Crippen molar-refractivity contribution in [2.75, 3.05) is 52.4 Å². The average Bonchev–Trinajstić information content (AvgIpc) is 2.34. The van der Waals surface area contributed by atoms with Gasteiger partial charge in [-0.15, -0.1) is 0 Å². The molecule has 0 radical (unpaired) electrons. The zero-order valence-corrected chi connectivity index (χ0v) is 11.4. The van der Waals surface area contributed by atoms with Crippen molar-refractivity contribution in [3.05, 3.63) is 0 Å². The summed E-state index contributed by atoms with van der Waals surface area (Å²) in [6.07, 6.45) is 1.36. The van der Waals surface area contributed by atoms with Crippen molar-refractivity contribution < 1.29 is 9.90 Å². The lowest BCUT2D eigenvalue weighted by Crippen LogP contribution is -2.35. The van der Waals surface area contributed by atoms with E-state index in [0.29, 0.717) is 6.54 Å². The monoisotopic (exact) mass is 260 g/mol. The zero-order chi connectivity index (χ0) is 13.5. The molecule has 6 heteroatoms. The summed E-state index contributed by atoms with van der Waals surface area (Å²) >= 11 is 0. The van der Waals surface area contributed by atoms with Gasteiger partial charge in [-0.2, -0.15) is 0 Å². The number of hydrogen-bond acceptors (Lipinski definition) is 5. The van der Waals surface area contributed by atoms with Gasteiger partial charge in [0.2, 0.25) is 0 Å². The van der Waals surface area contributed by atoms with Crippen LogP contribution in [0.4, 0.5) is 0 Å². The molecule has 0 amide bonds. The molecule has 0 aliphatic heterocycles. The fourth-order valence-electron chi connectivity index (χ4n) is 1.40. The minimum atomic E-state index is -0.753. The predicted molar refractivity (Wildman–Crippen MR) is 74.0 cm³/mol. The Morgan fingerprint density at radius 2 is 1.17 bits per heavy atom. The second kappa shape index (κ2) is 14.4. The molecule has 6 nitrogen and oxygen atoms in total. The van der Waals surface area contributed by atoms with E-state index in [1.54, 1.807) is 0 Å². The van der Waals surface area contributed by atoms with Gasteiger partial charge in [-0.3, -0.25) is 4.79 Å². The van der Waals surface area contributed by atoms with E-state index in [1.165, 1.54) is 6.42 Å². The van der Waals surface area contributed by atoms with Gasteiger partial charge in [0.05, 0.1) is 6.42 Å². The van der Waals surface area contributed by atoms with Crippen LogP contribution in [0.5, 0.6) is 0 Å². The smallest absolute Gasteiger partial charge is 0.304 e. The summed E-state index contributed by atoms with van der Waals surface area (Å²) in [5, 5.41) is 21.4. The third-order valence-electron chi connectivity index (χ3n) is 2.38. The van der Waals surface area contributed by atoms with E-state index in [1.807, 2.05) is 0 Å². The van der Waals surface area contributed by atoms with Crippen LogP contribution >= 0.6 is 0 Å². The zero-order valence-electron chi connectivity index (χ0n) is 11.4. The summed E-state index contributed by atoms with van der Waals surface area (Å²) in [6, 6.07) is 0. The van der Waals surface area contributed by atoms with E-state index in [2.05, 4.69) is 28.2 Å². The maximum absolute atomic E-state index is 10.2. The summed E-state index contributed by atoms with van der Waals surface area (Å²) in [6.45, 7) is 9.39. The minimum Gasteiger partial charge on any atom is -0.481 e. The number of carbonyl (C=O) groups is 1. The molecule has 0 aromatic carbocycles. The van der Waals surface area contributed by atoms with Gasteiger partial charge in [0.25, 0.3) is 0 Å². The summed E-state index contributed by atoms with van der Waals surface area (Å²) in [5.74, 6) is -0.753. The van der Waals surface area contributed by atoms with E-state index >= 15 is 0 Å². The molecule has 0 aromatic rings. The maximum Gasteiger partial charge on any atom is 0.304 e. The summed E-state index contributed by atoms with van der Waals surface area (Å²) in [4.78, 5) is 10.2. The van der Waals surface area contributed by atoms with Crippen LogP contribution in [-0.2, 0) is 4.79 Å². The number of nitrogens with one attached hydrogen (secondary N) is 4. The maximum atomic E-state index is 10.2. The number of rotatable bonds is 14. The molecule has 108 valence electrons. The van der Waals surface area contributed by atoms with Crippen molar-refractivity contribution in [3.8, 4) is 0 Å². The Hall–Kier alpha value is -0.690. The molecule has 0 heterocycles. The van der Waals surface area contributed by atoms with Crippen molar-refractivity contribution in [3.63, 3.8) is 0 Å². The van der Waals surface area contributed by atoms with Gasteiger partial charge in [0, 0.05) is 45.8 Å². The molecule has 0 aliphatic carbocycles. The minimum absolute atomic E-state index is 0.187. The number of hydrogen-bond donors (Lipinski definition) is 5. The molecule has 5 N–H and O–H groups in total. The predicted octanol–water partition coefficient (Wildman–Crippen LogP) is -0.770. The van der Waals surface area contributed by atoms with Crippen molar-refractivity contribution in [1.29, 1.82) is 0 Å². The van der Waals surface area contributed by atoms with Crippen LogP contribution in [0.25, 0.3) is 0 Å². The molecule has 0 atom stereocenters. The molecule has 0 aliphatic rings. The first kappa shape index (κ1) is 17.3. The molecular formula is C12H28N4O2. The van der Waals surface area contributed by atoms with Gasteiger partial charge in [0.1, 0.15) is 0 Å². The summed E-state index contributed by atoms with van der Waals surface area (Å²) in [7, 11) is 0. The SMILES string of the molecule is CCCNCCNCCNCCNCCC(=O)O. The molecule has 0 unspecified atom stereocenters. The lowest BCUT2D eigenvalue weighted by molar-refractivity contribution is -0.136. The molecule has 0 saturated heterocycles. The Morgan fingerprint density at radius 1 is 0.778 bits per heavy atom. The topological polar surface area (TPSA) is 85.4 Å². The molecular weight excluding hydrogens is 232 g/mol. The first-order chi connectivity index (χ1) is 8.77. The van der Waals surface area contributed by atoms with E-state index in [9.17, 15) is 4.79 Å². The first-order valence-electron chi connectivity index (χ1n) is 6.82. The van der Waals surface area contributed by atoms with Crippen LogP contribution in [0, 0.1) is 0 Å². The van der Waals surface area contributed by atoms with Gasteiger partial charge in [-0.05, 0) is 13.0 Å². The van der Waals surface area contributed by atoms with Crippen LogP contribution in [0.15, 0.2) is 0 Å². The molecule has 0 fully saturated rings. The van der Waals surface area contributed by atoms with E-state index in [-0.39, 0.29) is 6.42 Å². The standard InChI is InChI=1S/C12H28N4O2/c1-2-4-13-6-8-15-10-11-16-9-7-14-5-3-12(17)18/h13-16H,2-11H2,1H3,(H,17,18). The Labute approximate surface area is 110 Å². The number of aliphatic carboxylic acids is 1. The van der Waals surface area contributed by atoms with E-state index in [4.69, 9.17) is 5.11 Å². The van der Waals surface area contributed by atoms with Crippen molar-refractivity contribution >= 4 is 5.97 Å². The second-order valence-electron chi connectivity index (χ2n) is 4.14. The third kappa shape index (κ3) is 15.3. The summed E-state index contributed by atoms with van der Waals surface area (Å²) in [5.41, 5.74) is 0. The third-order valence-corrected chi connectivity index (χ3v) is 2.38. The van der Waals surface area contributed by atoms with Crippen LogP contribution < -0.4 is 21.3 Å². The molecule has 0 rings (SSSR count). The van der Waals surface area contributed by atoms with Crippen LogP contribution in [0.2, 0.25) is 0 Å². The van der Waals surface area contributed by atoms with E-state index in [0.717, 1.165) is 45.8 Å². The van der Waals surface area contributed by atoms with Gasteiger partial charge in [-0.25, -0.2) is 0 Å². The lowest BCUT2D eigenvalue weighted by Gasteiger charge is -2.07. The molecule has 18 heavy (non-hydrogen) atoms. The van der Waals surface area contributed by atoms with Crippen molar-refractivity contribution in [1.82, 2.24) is 21.3 Å². The summed E-state index contributed by atoms with van der Waals surface area (Å²) < 4.78 is 0. The number of carboxylic acid groups (broad SMARTS) is 1. The Kier molecular flexibility index (Phi) is 13.8. The Balaban J connectivity index is 2.92. The molecule has 0 aromatic heterocycles. The highest BCUT2D eigenvalue weighted by Crippen LogP contribution is 1.73. The fourth-order valence-corrected chi connectivity index (χ4v) is 1.40. The van der Waals surface area contributed by atoms with E-state index < -0.39 is 5.97 Å². The molecule has 0 spiro atoms. The highest BCUT2D eigenvalue weighted by molar-refractivity contribution is 5.66. The van der Waals surface area contributed by atoms with Crippen LogP contribution in [0.3, 0.4) is 0 Å². The van der Waals surface area contributed by atoms with Crippen molar-refractivity contribution in [2.45, 2.75) is 19.8 Å². The fraction of sp³-hybridized carbons (Fsp3) is 0.917. The van der Waals surface area contributed by atoms with Crippen molar-refractivity contribution in [2.24, 2.45) is 0 Å². The largest absolute Gasteiger partial charge is 0.481 e. The van der Waals surface area contributed by atoms with Gasteiger partial charge in [0.15, 0.2) is 0 Å². The van der Waals surface area contributed by atoms with Gasteiger partial charge >= 0.3 is 5.97 Å².